The molecule has 0 amide bonds. The SMILES string of the molecule is CCCCCCCCCCCCSc1ccc(-c2ccc(C(=O)O[C@H](C)C#N)cc2)cc1. The zero-order chi connectivity index (χ0) is 23.0. The minimum Gasteiger partial charge on any atom is -0.444 e. The van der Waals surface area contributed by atoms with E-state index in [9.17, 15) is 4.79 Å². The highest BCUT2D eigenvalue weighted by Gasteiger charge is 2.11. The molecule has 172 valence electrons. The molecule has 2 aromatic rings. The van der Waals surface area contributed by atoms with E-state index < -0.39 is 12.1 Å². The molecule has 4 heteroatoms. The second-order valence-corrected chi connectivity index (χ2v) is 9.48. The topological polar surface area (TPSA) is 50.1 Å². The van der Waals surface area contributed by atoms with Crippen molar-refractivity contribution < 1.29 is 9.53 Å². The molecule has 0 fully saturated rings. The Balaban J connectivity index is 1.66. The number of rotatable bonds is 15. The molecule has 2 rings (SSSR count). The van der Waals surface area contributed by atoms with Crippen LogP contribution in [0.4, 0.5) is 0 Å². The fourth-order valence-corrected chi connectivity index (χ4v) is 4.49. The predicted octanol–water partition coefficient (Wildman–Crippen LogP) is 8.44. The molecule has 3 nitrogen and oxygen atoms in total. The van der Waals surface area contributed by atoms with Crippen molar-refractivity contribution in [3.8, 4) is 17.2 Å². The van der Waals surface area contributed by atoms with Crippen LogP contribution in [0, 0.1) is 11.3 Å². The first-order chi connectivity index (χ1) is 15.6. The summed E-state index contributed by atoms with van der Waals surface area (Å²) in [6, 6.07) is 17.8. The Morgan fingerprint density at radius 2 is 1.34 bits per heavy atom. The Kier molecular flexibility index (Phi) is 12.6. The number of carbonyl (C=O) groups excluding carboxylic acids is 1. The van der Waals surface area contributed by atoms with Gasteiger partial charge in [-0.15, -0.1) is 11.8 Å². The molecule has 0 aliphatic heterocycles. The summed E-state index contributed by atoms with van der Waals surface area (Å²) in [7, 11) is 0. The average Bonchev–Trinajstić information content (AvgIpc) is 2.83. The van der Waals surface area contributed by atoms with Gasteiger partial charge in [-0.2, -0.15) is 5.26 Å². The van der Waals surface area contributed by atoms with Crippen LogP contribution in [0.2, 0.25) is 0 Å². The molecule has 0 aromatic heterocycles. The van der Waals surface area contributed by atoms with E-state index in [1.807, 2.05) is 30.0 Å². The molecule has 0 aliphatic carbocycles. The summed E-state index contributed by atoms with van der Waals surface area (Å²) in [4.78, 5) is 13.3. The molecule has 0 heterocycles. The van der Waals surface area contributed by atoms with Crippen molar-refractivity contribution >= 4 is 17.7 Å². The number of nitriles is 1. The van der Waals surface area contributed by atoms with Crippen LogP contribution in [0.5, 0.6) is 0 Å². The van der Waals surface area contributed by atoms with Crippen LogP contribution in [0.3, 0.4) is 0 Å². The van der Waals surface area contributed by atoms with Gasteiger partial charge in [0, 0.05) is 4.90 Å². The van der Waals surface area contributed by atoms with Crippen LogP contribution in [-0.2, 0) is 4.74 Å². The van der Waals surface area contributed by atoms with Gasteiger partial charge < -0.3 is 4.74 Å². The van der Waals surface area contributed by atoms with Crippen LogP contribution in [0.1, 0.15) is 88.4 Å². The lowest BCUT2D eigenvalue weighted by atomic mass is 10.0. The fraction of sp³-hybridized carbons (Fsp3) is 0.500. The Morgan fingerprint density at radius 3 is 1.88 bits per heavy atom. The lowest BCUT2D eigenvalue weighted by Crippen LogP contribution is -2.12. The van der Waals surface area contributed by atoms with Crippen LogP contribution >= 0.6 is 11.8 Å². The minimum absolute atomic E-state index is 0.458. The Morgan fingerprint density at radius 1 is 0.844 bits per heavy atom. The molecular weight excluding hydrogens is 414 g/mol. The van der Waals surface area contributed by atoms with Gasteiger partial charge in [0.2, 0.25) is 0 Å². The smallest absolute Gasteiger partial charge is 0.339 e. The normalized spacial score (nSPS) is 11.7. The minimum atomic E-state index is -0.743. The summed E-state index contributed by atoms with van der Waals surface area (Å²) in [5, 5.41) is 8.76. The van der Waals surface area contributed by atoms with E-state index in [0.29, 0.717) is 5.56 Å². The first kappa shape index (κ1) is 26.0. The van der Waals surface area contributed by atoms with Crippen molar-refractivity contribution in [2.24, 2.45) is 0 Å². The van der Waals surface area contributed by atoms with Crippen molar-refractivity contribution in [1.29, 1.82) is 5.26 Å². The van der Waals surface area contributed by atoms with E-state index in [1.54, 1.807) is 19.1 Å². The first-order valence-electron chi connectivity index (χ1n) is 12.1. The van der Waals surface area contributed by atoms with Gasteiger partial charge in [0.25, 0.3) is 0 Å². The number of hydrogen-bond acceptors (Lipinski definition) is 4. The van der Waals surface area contributed by atoms with Crippen LogP contribution in [-0.4, -0.2) is 17.8 Å². The Bertz CT molecular complexity index is 824. The number of hydrogen-bond donors (Lipinski definition) is 0. The molecule has 0 saturated heterocycles. The van der Waals surface area contributed by atoms with Crippen molar-refractivity contribution in [2.75, 3.05) is 5.75 Å². The molecule has 0 radical (unpaired) electrons. The monoisotopic (exact) mass is 451 g/mol. The third-order valence-electron chi connectivity index (χ3n) is 5.54. The molecule has 0 bridgehead atoms. The average molecular weight is 452 g/mol. The molecule has 32 heavy (non-hydrogen) atoms. The highest BCUT2D eigenvalue weighted by Crippen LogP contribution is 2.25. The standard InChI is InChI=1S/C28H37NO2S/c1-3-4-5-6-7-8-9-10-11-12-21-32-27-19-17-25(18-20-27)24-13-15-26(16-14-24)28(30)31-23(2)22-29/h13-20,23H,3-12,21H2,1-2H3/t23-/m1/s1. The van der Waals surface area contributed by atoms with E-state index in [1.165, 1.54) is 74.9 Å². The largest absolute Gasteiger partial charge is 0.444 e. The van der Waals surface area contributed by atoms with Crippen molar-refractivity contribution in [3.05, 3.63) is 54.1 Å². The number of ether oxygens (including phenoxy) is 1. The quantitative estimate of drug-likeness (QED) is 0.155. The summed E-state index contributed by atoms with van der Waals surface area (Å²) < 4.78 is 5.04. The van der Waals surface area contributed by atoms with Crippen LogP contribution in [0.25, 0.3) is 11.1 Å². The van der Waals surface area contributed by atoms with E-state index in [2.05, 4.69) is 31.2 Å². The summed E-state index contributed by atoms with van der Waals surface area (Å²) >= 11 is 1.93. The maximum atomic E-state index is 12.0. The van der Waals surface area contributed by atoms with Gasteiger partial charge in [-0.25, -0.2) is 4.79 Å². The van der Waals surface area contributed by atoms with E-state index in [0.717, 1.165) is 11.1 Å². The van der Waals surface area contributed by atoms with E-state index >= 15 is 0 Å². The van der Waals surface area contributed by atoms with Gasteiger partial charge in [-0.1, -0.05) is 89.0 Å². The van der Waals surface area contributed by atoms with Crippen molar-refractivity contribution in [1.82, 2.24) is 0 Å². The van der Waals surface area contributed by atoms with Crippen LogP contribution in [0.15, 0.2) is 53.4 Å². The van der Waals surface area contributed by atoms with Crippen LogP contribution < -0.4 is 0 Å². The van der Waals surface area contributed by atoms with Gasteiger partial charge in [-0.05, 0) is 54.5 Å². The van der Waals surface area contributed by atoms with Gasteiger partial charge in [0.05, 0.1) is 5.56 Å². The summed E-state index contributed by atoms with van der Waals surface area (Å²) in [5.74, 6) is 0.706. The number of carbonyl (C=O) groups is 1. The summed E-state index contributed by atoms with van der Waals surface area (Å²) in [6.45, 7) is 3.83. The maximum absolute atomic E-state index is 12.0. The summed E-state index contributed by atoms with van der Waals surface area (Å²) in [5.41, 5.74) is 2.64. The number of esters is 1. The molecule has 0 unspecified atom stereocenters. The maximum Gasteiger partial charge on any atom is 0.339 e. The second kappa shape index (κ2) is 15.5. The van der Waals surface area contributed by atoms with Crippen molar-refractivity contribution in [3.63, 3.8) is 0 Å². The molecule has 0 spiro atoms. The summed E-state index contributed by atoms with van der Waals surface area (Å²) in [6.07, 6.45) is 13.0. The second-order valence-electron chi connectivity index (χ2n) is 8.31. The molecule has 1 atom stereocenters. The highest BCUT2D eigenvalue weighted by molar-refractivity contribution is 7.99. The van der Waals surface area contributed by atoms with Gasteiger partial charge in [0.15, 0.2) is 6.10 Å². The van der Waals surface area contributed by atoms with Gasteiger partial charge in [-0.3, -0.25) is 0 Å². The fourth-order valence-electron chi connectivity index (χ4n) is 3.58. The number of unbranched alkanes of at least 4 members (excludes halogenated alkanes) is 9. The Hall–Kier alpha value is -2.25. The molecule has 0 aliphatic rings. The van der Waals surface area contributed by atoms with Gasteiger partial charge >= 0.3 is 5.97 Å². The van der Waals surface area contributed by atoms with E-state index in [4.69, 9.17) is 10.00 Å². The Labute approximate surface area is 198 Å². The predicted molar refractivity (Wildman–Crippen MR) is 135 cm³/mol. The third-order valence-corrected chi connectivity index (χ3v) is 6.64. The zero-order valence-corrected chi connectivity index (χ0v) is 20.5. The number of benzene rings is 2. The third kappa shape index (κ3) is 9.92. The molecule has 0 N–H and O–H groups in total. The lowest BCUT2D eigenvalue weighted by Gasteiger charge is -2.08. The number of nitrogens with zero attached hydrogens (tertiary/aromatic N) is 1. The van der Waals surface area contributed by atoms with Crippen molar-refractivity contribution in [2.45, 2.75) is 89.1 Å². The molecule has 2 aromatic carbocycles. The molecule has 0 saturated carbocycles. The first-order valence-corrected chi connectivity index (χ1v) is 13.1. The highest BCUT2D eigenvalue weighted by atomic mass is 32.2. The van der Waals surface area contributed by atoms with Gasteiger partial charge in [0.1, 0.15) is 6.07 Å². The molecular formula is C28H37NO2S. The lowest BCUT2D eigenvalue weighted by molar-refractivity contribution is 0.0435. The van der Waals surface area contributed by atoms with E-state index in [-0.39, 0.29) is 0 Å². The number of thioether (sulfide) groups is 1. The zero-order valence-electron chi connectivity index (χ0n) is 19.6.